The highest BCUT2D eigenvalue weighted by molar-refractivity contribution is 5.86. The van der Waals surface area contributed by atoms with E-state index in [-0.39, 0.29) is 5.75 Å². The van der Waals surface area contributed by atoms with Crippen molar-refractivity contribution in [3.05, 3.63) is 41.6 Å². The summed E-state index contributed by atoms with van der Waals surface area (Å²) in [7, 11) is 0. The number of aromatic amines is 1. The van der Waals surface area contributed by atoms with E-state index in [2.05, 4.69) is 40.9 Å². The minimum Gasteiger partial charge on any atom is -0.507 e. The van der Waals surface area contributed by atoms with Crippen molar-refractivity contribution in [2.24, 2.45) is 0 Å². The Balaban J connectivity index is 1.88. The summed E-state index contributed by atoms with van der Waals surface area (Å²) in [4.78, 5) is 5.95. The summed E-state index contributed by atoms with van der Waals surface area (Å²) in [6, 6.07) is 10.1. The molecule has 0 spiro atoms. The van der Waals surface area contributed by atoms with Crippen LogP contribution in [0.25, 0.3) is 22.3 Å². The first-order valence-corrected chi connectivity index (χ1v) is 8.48. The number of phenolic OH excluding ortho intramolecular Hbond substituents is 1. The fourth-order valence-electron chi connectivity index (χ4n) is 3.86. The molecule has 0 bridgehead atoms. The third kappa shape index (κ3) is 2.27. The first-order chi connectivity index (χ1) is 11.6. The lowest BCUT2D eigenvalue weighted by Gasteiger charge is -2.36. The van der Waals surface area contributed by atoms with Crippen molar-refractivity contribution in [1.29, 1.82) is 0 Å². The Bertz CT molecular complexity index is 900. The number of hydrogen-bond acceptors (Lipinski definition) is 4. The van der Waals surface area contributed by atoms with Gasteiger partial charge >= 0.3 is 0 Å². The standard InChI is InChI=1S/C19H22N4O/c1-11(2)23-9-8-15-18(12(23)3)14-10-16(21-22-19(14)20-15)13-6-4-5-7-17(13)24/h4-7,10-12,24H,8-9H2,1-3H3,(H,20,22)/t12-/m0/s1. The van der Waals surface area contributed by atoms with Crippen molar-refractivity contribution in [1.82, 2.24) is 20.1 Å². The second kappa shape index (κ2) is 5.60. The average molecular weight is 322 g/mol. The molecule has 1 aliphatic rings. The number of hydrogen-bond donors (Lipinski definition) is 2. The van der Waals surface area contributed by atoms with Crippen LogP contribution >= 0.6 is 0 Å². The fraction of sp³-hybridized carbons (Fsp3) is 0.368. The number of aromatic hydroxyl groups is 1. The molecule has 0 aliphatic carbocycles. The van der Waals surface area contributed by atoms with Gasteiger partial charge in [0.1, 0.15) is 5.75 Å². The van der Waals surface area contributed by atoms with Crippen LogP contribution in [0.1, 0.15) is 38.1 Å². The van der Waals surface area contributed by atoms with Gasteiger partial charge in [0.05, 0.1) is 5.69 Å². The van der Waals surface area contributed by atoms with E-state index in [1.807, 2.05) is 24.3 Å². The quantitative estimate of drug-likeness (QED) is 0.756. The first-order valence-electron chi connectivity index (χ1n) is 8.48. The maximum absolute atomic E-state index is 10.1. The van der Waals surface area contributed by atoms with E-state index in [4.69, 9.17) is 0 Å². The molecule has 1 atom stereocenters. The molecule has 0 radical (unpaired) electrons. The van der Waals surface area contributed by atoms with Gasteiger partial charge in [0.15, 0.2) is 5.65 Å². The van der Waals surface area contributed by atoms with Crippen LogP contribution in [0.15, 0.2) is 30.3 Å². The third-order valence-corrected chi connectivity index (χ3v) is 5.06. The summed E-state index contributed by atoms with van der Waals surface area (Å²) in [6.45, 7) is 7.79. The van der Waals surface area contributed by atoms with Gasteiger partial charge in [0.2, 0.25) is 0 Å². The zero-order valence-corrected chi connectivity index (χ0v) is 14.2. The van der Waals surface area contributed by atoms with Crippen molar-refractivity contribution in [2.45, 2.75) is 39.3 Å². The summed E-state index contributed by atoms with van der Waals surface area (Å²) in [5.41, 5.74) is 4.83. The van der Waals surface area contributed by atoms with E-state index in [1.165, 1.54) is 11.3 Å². The molecule has 5 nitrogen and oxygen atoms in total. The highest BCUT2D eigenvalue weighted by Gasteiger charge is 2.29. The summed E-state index contributed by atoms with van der Waals surface area (Å²) in [5, 5.41) is 19.9. The Labute approximate surface area is 141 Å². The fourth-order valence-corrected chi connectivity index (χ4v) is 3.86. The van der Waals surface area contributed by atoms with Crippen LogP contribution in [-0.2, 0) is 6.42 Å². The van der Waals surface area contributed by atoms with Gasteiger partial charge in [-0.15, -0.1) is 10.2 Å². The number of nitrogens with zero attached hydrogens (tertiary/aromatic N) is 3. The molecule has 1 aromatic carbocycles. The second-order valence-electron chi connectivity index (χ2n) is 6.78. The highest BCUT2D eigenvalue weighted by atomic mass is 16.3. The van der Waals surface area contributed by atoms with Gasteiger partial charge < -0.3 is 10.1 Å². The lowest BCUT2D eigenvalue weighted by Crippen LogP contribution is -2.38. The molecule has 4 rings (SSSR count). The number of para-hydroxylation sites is 1. The van der Waals surface area contributed by atoms with Crippen LogP contribution in [0, 0.1) is 0 Å². The number of aromatic nitrogens is 3. The Morgan fingerprint density at radius 1 is 1.25 bits per heavy atom. The molecule has 2 N–H and O–H groups in total. The van der Waals surface area contributed by atoms with E-state index in [0.29, 0.717) is 23.3 Å². The topological polar surface area (TPSA) is 65.0 Å². The number of nitrogens with one attached hydrogen (secondary N) is 1. The van der Waals surface area contributed by atoms with Gasteiger partial charge in [-0.05, 0) is 44.5 Å². The highest BCUT2D eigenvalue weighted by Crippen LogP contribution is 2.37. The number of benzene rings is 1. The van der Waals surface area contributed by atoms with Crippen LogP contribution < -0.4 is 0 Å². The average Bonchev–Trinajstić information content (AvgIpc) is 2.93. The van der Waals surface area contributed by atoms with Gasteiger partial charge in [-0.3, -0.25) is 4.90 Å². The molecule has 5 heteroatoms. The van der Waals surface area contributed by atoms with E-state index >= 15 is 0 Å². The summed E-state index contributed by atoms with van der Waals surface area (Å²) in [6.07, 6.45) is 1.00. The van der Waals surface area contributed by atoms with Crippen LogP contribution in [0.2, 0.25) is 0 Å². The normalized spacial score (nSPS) is 18.2. The molecule has 3 aromatic rings. The Hall–Kier alpha value is -2.40. The zero-order chi connectivity index (χ0) is 16.8. The maximum Gasteiger partial charge on any atom is 0.160 e. The molecule has 3 heterocycles. The molecule has 2 aromatic heterocycles. The Morgan fingerprint density at radius 2 is 2.04 bits per heavy atom. The SMILES string of the molecule is CC(C)N1CCc2[nH]c3nnc(-c4ccccc4O)cc3c2[C@@H]1C. The molecule has 0 fully saturated rings. The molecule has 0 saturated carbocycles. The molecule has 1 aliphatic heterocycles. The molecular formula is C19H22N4O. The smallest absolute Gasteiger partial charge is 0.160 e. The van der Waals surface area contributed by atoms with E-state index in [1.54, 1.807) is 6.07 Å². The monoisotopic (exact) mass is 322 g/mol. The number of rotatable bonds is 2. The van der Waals surface area contributed by atoms with Crippen LogP contribution in [0.5, 0.6) is 5.75 Å². The number of fused-ring (bicyclic) bond motifs is 3. The van der Waals surface area contributed by atoms with Gasteiger partial charge in [-0.25, -0.2) is 0 Å². The van der Waals surface area contributed by atoms with Crippen molar-refractivity contribution in [3.8, 4) is 17.0 Å². The van der Waals surface area contributed by atoms with Crippen molar-refractivity contribution < 1.29 is 5.11 Å². The van der Waals surface area contributed by atoms with Gasteiger partial charge in [0.25, 0.3) is 0 Å². The minimum atomic E-state index is 0.229. The minimum absolute atomic E-state index is 0.229. The largest absolute Gasteiger partial charge is 0.507 e. The maximum atomic E-state index is 10.1. The van der Waals surface area contributed by atoms with Crippen LogP contribution in [0.4, 0.5) is 0 Å². The van der Waals surface area contributed by atoms with Gasteiger partial charge in [-0.2, -0.15) is 0 Å². The number of phenols is 1. The van der Waals surface area contributed by atoms with E-state index in [0.717, 1.165) is 24.0 Å². The zero-order valence-electron chi connectivity index (χ0n) is 14.2. The predicted octanol–water partition coefficient (Wildman–Crippen LogP) is 3.66. The Morgan fingerprint density at radius 3 is 2.79 bits per heavy atom. The Kier molecular flexibility index (Phi) is 3.53. The van der Waals surface area contributed by atoms with Crippen molar-refractivity contribution in [2.75, 3.05) is 6.54 Å². The molecule has 0 amide bonds. The number of H-pyrrole nitrogens is 1. The first kappa shape index (κ1) is 15.1. The van der Waals surface area contributed by atoms with Gasteiger partial charge in [-0.1, -0.05) is 12.1 Å². The molecule has 24 heavy (non-hydrogen) atoms. The van der Waals surface area contributed by atoms with Crippen LogP contribution in [0.3, 0.4) is 0 Å². The lowest BCUT2D eigenvalue weighted by atomic mass is 9.96. The van der Waals surface area contributed by atoms with Gasteiger partial charge in [0, 0.05) is 41.7 Å². The van der Waals surface area contributed by atoms with Crippen LogP contribution in [-0.4, -0.2) is 37.8 Å². The second-order valence-corrected chi connectivity index (χ2v) is 6.78. The van der Waals surface area contributed by atoms with E-state index < -0.39 is 0 Å². The molecule has 0 unspecified atom stereocenters. The van der Waals surface area contributed by atoms with Crippen molar-refractivity contribution in [3.63, 3.8) is 0 Å². The summed E-state index contributed by atoms with van der Waals surface area (Å²) < 4.78 is 0. The summed E-state index contributed by atoms with van der Waals surface area (Å²) >= 11 is 0. The molecule has 124 valence electrons. The predicted molar refractivity (Wildman–Crippen MR) is 95.0 cm³/mol. The molecule has 0 saturated heterocycles. The van der Waals surface area contributed by atoms with Crippen molar-refractivity contribution >= 4 is 11.0 Å². The third-order valence-electron chi connectivity index (χ3n) is 5.06. The van der Waals surface area contributed by atoms with E-state index in [9.17, 15) is 5.11 Å². The lowest BCUT2D eigenvalue weighted by molar-refractivity contribution is 0.155. The summed E-state index contributed by atoms with van der Waals surface area (Å²) in [5.74, 6) is 0.229. The molecular weight excluding hydrogens is 300 g/mol.